The molecular weight excluding hydrogens is 325 g/mol. The maximum absolute atomic E-state index is 12.4. The van der Waals surface area contributed by atoms with Gasteiger partial charge in [0.25, 0.3) is 5.56 Å². The number of nitrogens with one attached hydrogen (secondary N) is 1. The van der Waals surface area contributed by atoms with Crippen molar-refractivity contribution in [2.24, 2.45) is 0 Å². The Morgan fingerprint density at radius 1 is 1.25 bits per heavy atom. The van der Waals surface area contributed by atoms with Crippen molar-refractivity contribution in [3.8, 4) is 0 Å². The number of rotatable bonds is 2. The van der Waals surface area contributed by atoms with Gasteiger partial charge >= 0.3 is 12.1 Å². The average Bonchev–Trinajstić information content (AvgIpc) is 2.57. The van der Waals surface area contributed by atoms with Crippen molar-refractivity contribution < 1.29 is 22.8 Å². The van der Waals surface area contributed by atoms with Crippen molar-refractivity contribution in [2.75, 3.05) is 13.1 Å². The van der Waals surface area contributed by atoms with Crippen LogP contribution in [0.4, 0.5) is 13.2 Å². The second kappa shape index (κ2) is 6.27. The molecule has 1 unspecified atom stereocenters. The van der Waals surface area contributed by atoms with Gasteiger partial charge in [-0.1, -0.05) is 12.1 Å². The van der Waals surface area contributed by atoms with Crippen molar-refractivity contribution in [2.45, 2.75) is 24.9 Å². The lowest BCUT2D eigenvalue weighted by Crippen LogP contribution is -2.38. The van der Waals surface area contributed by atoms with Crippen LogP contribution in [0, 0.1) is 0 Å². The number of aromatic nitrogens is 1. The van der Waals surface area contributed by atoms with Crippen LogP contribution in [-0.4, -0.2) is 30.0 Å². The van der Waals surface area contributed by atoms with E-state index in [1.54, 1.807) is 12.1 Å². The Morgan fingerprint density at radius 2 is 2.00 bits per heavy atom. The summed E-state index contributed by atoms with van der Waals surface area (Å²) in [5.41, 5.74) is 0.194. The molecule has 1 fully saturated rings. The van der Waals surface area contributed by atoms with E-state index in [0.29, 0.717) is 10.1 Å². The minimum Gasteiger partial charge on any atom is -0.324 e. The fraction of sp³-hybridized carbons (Fsp3) is 0.375. The molecule has 1 aromatic carbocycles. The molecule has 1 N–H and O–H groups in total. The first kappa shape index (κ1) is 16.5. The molecule has 128 valence electrons. The fourth-order valence-corrected chi connectivity index (χ4v) is 2.84. The predicted molar refractivity (Wildman–Crippen MR) is 80.7 cm³/mol. The quantitative estimate of drug-likeness (QED) is 0.908. The summed E-state index contributed by atoms with van der Waals surface area (Å²) in [6.45, 7) is 1.68. The van der Waals surface area contributed by atoms with Crippen LogP contribution in [0.15, 0.2) is 35.1 Å². The highest BCUT2D eigenvalue weighted by Crippen LogP contribution is 2.26. The molecule has 1 aromatic heterocycles. The van der Waals surface area contributed by atoms with E-state index in [2.05, 4.69) is 10.2 Å². The Morgan fingerprint density at radius 3 is 2.67 bits per heavy atom. The van der Waals surface area contributed by atoms with Crippen LogP contribution < -0.4 is 15.7 Å². The highest BCUT2D eigenvalue weighted by molar-refractivity contribution is 5.81. The van der Waals surface area contributed by atoms with Gasteiger partial charge in [0, 0.05) is 18.0 Å². The summed E-state index contributed by atoms with van der Waals surface area (Å²) in [6, 6.07) is 7.74. The number of nitrogens with zero attached hydrogens (tertiary/aromatic N) is 1. The molecule has 0 spiro atoms. The molecule has 1 aliphatic rings. The number of alkyl halides is 3. The highest BCUT2D eigenvalue weighted by atomic mass is 19.4. The average molecular weight is 340 g/mol. The van der Waals surface area contributed by atoms with Crippen LogP contribution in [0.2, 0.25) is 0 Å². The van der Waals surface area contributed by atoms with E-state index in [1.807, 2.05) is 6.07 Å². The van der Waals surface area contributed by atoms with Crippen LogP contribution >= 0.6 is 0 Å². The summed E-state index contributed by atoms with van der Waals surface area (Å²) in [5.74, 6) is -2.23. The fourth-order valence-electron chi connectivity index (χ4n) is 2.84. The molecule has 1 aliphatic heterocycles. The van der Waals surface area contributed by atoms with E-state index < -0.39 is 17.7 Å². The molecule has 0 amide bonds. The minimum absolute atomic E-state index is 0.142. The van der Waals surface area contributed by atoms with Gasteiger partial charge in [-0.2, -0.15) is 13.2 Å². The zero-order valence-electron chi connectivity index (χ0n) is 12.6. The molecule has 0 aliphatic carbocycles. The topological polar surface area (TPSA) is 60.3 Å². The Balaban J connectivity index is 2.04. The van der Waals surface area contributed by atoms with Crippen molar-refractivity contribution in [3.05, 3.63) is 46.2 Å². The lowest BCUT2D eigenvalue weighted by Gasteiger charge is -2.23. The lowest BCUT2D eigenvalue weighted by atomic mass is 9.91. The molecule has 3 rings (SSSR count). The third kappa shape index (κ3) is 3.28. The number of carbonyl (C=O) groups excluding carboxylic acids is 1. The summed E-state index contributed by atoms with van der Waals surface area (Å²) in [7, 11) is 0. The summed E-state index contributed by atoms with van der Waals surface area (Å²) >= 11 is 0. The van der Waals surface area contributed by atoms with E-state index in [4.69, 9.17) is 0 Å². The summed E-state index contributed by atoms with van der Waals surface area (Å²) in [5, 5.41) is 3.77. The standard InChI is InChI=1S/C16H15F3N2O3/c17-16(18,19)15(23)24-21-13-8-11(12-2-1-7-20-9-12)4-3-10(13)5-6-14(21)22/h3-6,8,12,20H,1-2,7,9H2. The number of piperidine rings is 1. The third-order valence-electron chi connectivity index (χ3n) is 4.05. The first-order valence-corrected chi connectivity index (χ1v) is 7.52. The number of benzene rings is 1. The zero-order valence-corrected chi connectivity index (χ0v) is 12.6. The van der Waals surface area contributed by atoms with Crippen molar-refractivity contribution in [1.82, 2.24) is 10.0 Å². The maximum Gasteiger partial charge on any atom is 0.493 e. The largest absolute Gasteiger partial charge is 0.493 e. The minimum atomic E-state index is -5.17. The molecule has 0 radical (unpaired) electrons. The van der Waals surface area contributed by atoms with Crippen LogP contribution in [0.3, 0.4) is 0 Å². The van der Waals surface area contributed by atoms with Gasteiger partial charge in [-0.25, -0.2) is 4.79 Å². The Bertz CT molecular complexity index is 823. The first-order chi connectivity index (χ1) is 11.4. The van der Waals surface area contributed by atoms with Crippen LogP contribution in [-0.2, 0) is 4.79 Å². The second-order valence-electron chi connectivity index (χ2n) is 5.70. The second-order valence-corrected chi connectivity index (χ2v) is 5.70. The van der Waals surface area contributed by atoms with Crippen LogP contribution in [0.25, 0.3) is 10.9 Å². The lowest BCUT2D eigenvalue weighted by molar-refractivity contribution is -0.199. The molecule has 5 nitrogen and oxygen atoms in total. The number of carbonyl (C=O) groups is 1. The van der Waals surface area contributed by atoms with Gasteiger partial charge in [0.05, 0.1) is 5.52 Å². The molecule has 24 heavy (non-hydrogen) atoms. The maximum atomic E-state index is 12.4. The predicted octanol–water partition coefficient (Wildman–Crippen LogP) is 1.99. The van der Waals surface area contributed by atoms with Gasteiger partial charge in [-0.05, 0) is 43.0 Å². The summed E-state index contributed by atoms with van der Waals surface area (Å²) in [6.07, 6.45) is -3.24. The van der Waals surface area contributed by atoms with Crippen LogP contribution in [0.5, 0.6) is 0 Å². The van der Waals surface area contributed by atoms with Gasteiger partial charge in [0.1, 0.15) is 0 Å². The van der Waals surface area contributed by atoms with Gasteiger partial charge in [0.2, 0.25) is 0 Å². The number of halogens is 3. The molecule has 2 aromatic rings. The first-order valence-electron chi connectivity index (χ1n) is 7.52. The third-order valence-corrected chi connectivity index (χ3v) is 4.05. The highest BCUT2D eigenvalue weighted by Gasteiger charge is 2.42. The number of pyridine rings is 1. The van der Waals surface area contributed by atoms with Crippen LogP contribution in [0.1, 0.15) is 24.3 Å². The molecule has 0 saturated carbocycles. The SMILES string of the molecule is O=C(On1c(=O)ccc2ccc(C3CCCNC3)cc21)C(F)(F)F. The number of hydrogen-bond donors (Lipinski definition) is 1. The van der Waals surface area contributed by atoms with Gasteiger partial charge in [-0.3, -0.25) is 4.79 Å². The molecular formula is C16H15F3N2O3. The normalized spacial score (nSPS) is 18.5. The molecule has 1 saturated heterocycles. The summed E-state index contributed by atoms with van der Waals surface area (Å²) < 4.78 is 37.7. The van der Waals surface area contributed by atoms with Crippen molar-refractivity contribution in [3.63, 3.8) is 0 Å². The molecule has 0 bridgehead atoms. The van der Waals surface area contributed by atoms with E-state index in [1.165, 1.54) is 6.07 Å². The monoisotopic (exact) mass is 340 g/mol. The van der Waals surface area contributed by atoms with Gasteiger partial charge in [-0.15, -0.1) is 4.73 Å². The molecule has 2 heterocycles. The number of hydrogen-bond acceptors (Lipinski definition) is 4. The Kier molecular flexibility index (Phi) is 4.31. The van der Waals surface area contributed by atoms with Gasteiger partial charge in [0.15, 0.2) is 0 Å². The summed E-state index contributed by atoms with van der Waals surface area (Å²) in [4.78, 5) is 27.3. The van der Waals surface area contributed by atoms with Gasteiger partial charge < -0.3 is 10.2 Å². The Labute approximate surface area is 135 Å². The smallest absolute Gasteiger partial charge is 0.324 e. The molecule has 8 heteroatoms. The van der Waals surface area contributed by atoms with E-state index >= 15 is 0 Å². The van der Waals surface area contributed by atoms with E-state index in [9.17, 15) is 22.8 Å². The van der Waals surface area contributed by atoms with E-state index in [0.717, 1.165) is 37.6 Å². The zero-order chi connectivity index (χ0) is 17.3. The molecule has 1 atom stereocenters. The Hall–Kier alpha value is -2.35. The van der Waals surface area contributed by atoms with Crippen molar-refractivity contribution in [1.29, 1.82) is 0 Å². The van der Waals surface area contributed by atoms with Crippen molar-refractivity contribution >= 4 is 16.9 Å². The number of fused-ring (bicyclic) bond motifs is 1. The van der Waals surface area contributed by atoms with E-state index in [-0.39, 0.29) is 11.4 Å².